The maximum atomic E-state index is 12.0. The van der Waals surface area contributed by atoms with Crippen LogP contribution in [0.4, 0.5) is 0 Å². The number of thiophene rings is 1. The zero-order valence-electron chi connectivity index (χ0n) is 11.2. The maximum Gasteiger partial charge on any atom is 0.222 e. The quantitative estimate of drug-likeness (QED) is 0.890. The van der Waals surface area contributed by atoms with Crippen LogP contribution in [0.2, 0.25) is 5.02 Å². The van der Waals surface area contributed by atoms with Crippen molar-refractivity contribution >= 4 is 28.8 Å². The van der Waals surface area contributed by atoms with Crippen LogP contribution in [0.5, 0.6) is 0 Å². The van der Waals surface area contributed by atoms with E-state index in [4.69, 9.17) is 17.3 Å². The Morgan fingerprint density at radius 3 is 2.55 bits per heavy atom. The molecular weight excluding hydrogens is 292 g/mol. The Morgan fingerprint density at radius 1 is 1.30 bits per heavy atom. The summed E-state index contributed by atoms with van der Waals surface area (Å²) >= 11 is 7.52. The summed E-state index contributed by atoms with van der Waals surface area (Å²) in [6, 6.07) is 9.21. The summed E-state index contributed by atoms with van der Waals surface area (Å²) < 4.78 is 0. The van der Waals surface area contributed by atoms with Crippen molar-refractivity contribution in [3.8, 4) is 0 Å². The number of nitrogens with two attached hydrogens (primary N) is 1. The third kappa shape index (κ3) is 4.07. The molecule has 2 rings (SSSR count). The van der Waals surface area contributed by atoms with E-state index in [1.165, 1.54) is 0 Å². The van der Waals surface area contributed by atoms with E-state index in [-0.39, 0.29) is 18.0 Å². The van der Waals surface area contributed by atoms with Crippen molar-refractivity contribution in [2.24, 2.45) is 5.73 Å². The van der Waals surface area contributed by atoms with Gasteiger partial charge >= 0.3 is 0 Å². The second-order valence-corrected chi connectivity index (χ2v) is 6.01. The first kappa shape index (κ1) is 15.0. The number of halogens is 1. The largest absolute Gasteiger partial charge is 0.345 e. The predicted molar refractivity (Wildman–Crippen MR) is 84.0 cm³/mol. The van der Waals surface area contributed by atoms with E-state index < -0.39 is 0 Å². The first-order valence-electron chi connectivity index (χ1n) is 6.39. The molecule has 2 aromatic rings. The monoisotopic (exact) mass is 308 g/mol. The van der Waals surface area contributed by atoms with Gasteiger partial charge in [-0.3, -0.25) is 4.79 Å². The van der Waals surface area contributed by atoms with Gasteiger partial charge in [0.1, 0.15) is 0 Å². The lowest BCUT2D eigenvalue weighted by atomic mass is 10.0. The van der Waals surface area contributed by atoms with Gasteiger partial charge in [-0.05, 0) is 47.0 Å². The molecule has 2 atom stereocenters. The molecule has 0 bridgehead atoms. The van der Waals surface area contributed by atoms with Gasteiger partial charge in [0.15, 0.2) is 0 Å². The van der Waals surface area contributed by atoms with Crippen LogP contribution in [0.1, 0.15) is 30.5 Å². The summed E-state index contributed by atoms with van der Waals surface area (Å²) in [4.78, 5) is 12.0. The summed E-state index contributed by atoms with van der Waals surface area (Å²) in [5.41, 5.74) is 7.74. The molecule has 0 aliphatic carbocycles. The van der Waals surface area contributed by atoms with Crippen molar-refractivity contribution in [3.63, 3.8) is 0 Å². The molecule has 1 aromatic carbocycles. The second-order valence-electron chi connectivity index (χ2n) is 4.79. The lowest BCUT2D eigenvalue weighted by Gasteiger charge is -2.19. The minimum atomic E-state index is -0.162. The average molecular weight is 309 g/mol. The van der Waals surface area contributed by atoms with Crippen LogP contribution >= 0.6 is 22.9 Å². The lowest BCUT2D eigenvalue weighted by molar-refractivity contribution is -0.121. The van der Waals surface area contributed by atoms with E-state index in [1.54, 1.807) is 11.3 Å². The van der Waals surface area contributed by atoms with Gasteiger partial charge in [-0.2, -0.15) is 11.3 Å². The Hall–Kier alpha value is -1.36. The highest BCUT2D eigenvalue weighted by molar-refractivity contribution is 7.08. The number of hydrogen-bond donors (Lipinski definition) is 2. The van der Waals surface area contributed by atoms with Crippen LogP contribution in [0.15, 0.2) is 41.1 Å². The highest BCUT2D eigenvalue weighted by Gasteiger charge is 2.17. The van der Waals surface area contributed by atoms with Crippen LogP contribution < -0.4 is 11.1 Å². The highest BCUT2D eigenvalue weighted by atomic mass is 35.5. The smallest absolute Gasteiger partial charge is 0.222 e. The minimum absolute atomic E-state index is 0.0499. The van der Waals surface area contributed by atoms with E-state index >= 15 is 0 Å². The van der Waals surface area contributed by atoms with Gasteiger partial charge in [-0.25, -0.2) is 0 Å². The third-order valence-corrected chi connectivity index (χ3v) is 3.85. The summed E-state index contributed by atoms with van der Waals surface area (Å²) in [6.07, 6.45) is 0.314. The summed E-state index contributed by atoms with van der Waals surface area (Å²) in [7, 11) is 0. The molecule has 106 valence electrons. The molecule has 20 heavy (non-hydrogen) atoms. The molecule has 0 aliphatic rings. The molecule has 0 aliphatic heterocycles. The Labute approximate surface area is 127 Å². The number of amides is 1. The third-order valence-electron chi connectivity index (χ3n) is 2.89. The van der Waals surface area contributed by atoms with Crippen LogP contribution in [0.3, 0.4) is 0 Å². The highest BCUT2D eigenvalue weighted by Crippen LogP contribution is 2.25. The molecular formula is C15H17ClN2OS. The normalized spacial score (nSPS) is 13.8. The second kappa shape index (κ2) is 6.88. The fourth-order valence-electron chi connectivity index (χ4n) is 1.97. The minimum Gasteiger partial charge on any atom is -0.345 e. The Bertz CT molecular complexity index is 552. The van der Waals surface area contributed by atoms with E-state index in [1.807, 2.05) is 48.0 Å². The van der Waals surface area contributed by atoms with Gasteiger partial charge in [0.25, 0.3) is 0 Å². The first-order valence-corrected chi connectivity index (χ1v) is 7.71. The Balaban J connectivity index is 2.22. The molecule has 1 aromatic heterocycles. The molecule has 0 saturated heterocycles. The molecule has 0 spiro atoms. The number of rotatable bonds is 5. The van der Waals surface area contributed by atoms with Gasteiger partial charge in [0.05, 0.1) is 6.04 Å². The van der Waals surface area contributed by atoms with E-state index in [0.29, 0.717) is 11.4 Å². The summed E-state index contributed by atoms with van der Waals surface area (Å²) in [5.74, 6) is -0.0499. The zero-order chi connectivity index (χ0) is 14.5. The topological polar surface area (TPSA) is 55.1 Å². The van der Waals surface area contributed by atoms with E-state index in [2.05, 4.69) is 5.32 Å². The fraction of sp³-hybridized carbons (Fsp3) is 0.267. The van der Waals surface area contributed by atoms with Crippen molar-refractivity contribution in [2.75, 3.05) is 0 Å². The van der Waals surface area contributed by atoms with E-state index in [0.717, 1.165) is 11.1 Å². The van der Waals surface area contributed by atoms with Crippen molar-refractivity contribution in [1.82, 2.24) is 5.32 Å². The number of carbonyl (C=O) groups is 1. The van der Waals surface area contributed by atoms with Crippen molar-refractivity contribution < 1.29 is 4.79 Å². The summed E-state index contributed by atoms with van der Waals surface area (Å²) in [5, 5.41) is 7.74. The molecule has 0 saturated carbocycles. The molecule has 1 heterocycles. The number of hydrogen-bond acceptors (Lipinski definition) is 3. The molecule has 0 radical (unpaired) electrons. The fourth-order valence-corrected chi connectivity index (χ4v) is 2.78. The molecule has 0 fully saturated rings. The van der Waals surface area contributed by atoms with Crippen molar-refractivity contribution in [1.29, 1.82) is 0 Å². The first-order chi connectivity index (χ1) is 9.56. The standard InChI is InChI=1S/C15H17ClN2OS/c1-10(17)8-14(19)18-15(12-6-7-20-9-12)11-2-4-13(16)5-3-11/h2-7,9-10,15H,8,17H2,1H3,(H,18,19). The molecule has 2 unspecified atom stereocenters. The van der Waals surface area contributed by atoms with Crippen LogP contribution in [0, 0.1) is 0 Å². The SMILES string of the molecule is CC(N)CC(=O)NC(c1ccc(Cl)cc1)c1ccsc1. The molecule has 3 nitrogen and oxygen atoms in total. The van der Waals surface area contributed by atoms with Crippen LogP contribution in [-0.2, 0) is 4.79 Å². The summed E-state index contributed by atoms with van der Waals surface area (Å²) in [6.45, 7) is 1.82. The maximum absolute atomic E-state index is 12.0. The van der Waals surface area contributed by atoms with Crippen LogP contribution in [0.25, 0.3) is 0 Å². The van der Waals surface area contributed by atoms with E-state index in [9.17, 15) is 4.79 Å². The number of carbonyl (C=O) groups excluding carboxylic acids is 1. The number of nitrogens with one attached hydrogen (secondary N) is 1. The average Bonchev–Trinajstić information content (AvgIpc) is 2.90. The zero-order valence-corrected chi connectivity index (χ0v) is 12.7. The lowest BCUT2D eigenvalue weighted by Crippen LogP contribution is -2.33. The Kier molecular flexibility index (Phi) is 5.17. The molecule has 1 amide bonds. The van der Waals surface area contributed by atoms with Gasteiger partial charge < -0.3 is 11.1 Å². The molecule has 3 N–H and O–H groups in total. The number of benzene rings is 1. The van der Waals surface area contributed by atoms with Gasteiger partial charge in [0.2, 0.25) is 5.91 Å². The van der Waals surface area contributed by atoms with Gasteiger partial charge in [-0.1, -0.05) is 23.7 Å². The predicted octanol–water partition coefficient (Wildman–Crippen LogP) is 3.34. The molecule has 5 heteroatoms. The van der Waals surface area contributed by atoms with Crippen molar-refractivity contribution in [2.45, 2.75) is 25.4 Å². The Morgan fingerprint density at radius 2 is 2.00 bits per heavy atom. The van der Waals surface area contributed by atoms with Crippen molar-refractivity contribution in [3.05, 3.63) is 57.2 Å². The van der Waals surface area contributed by atoms with Gasteiger partial charge in [-0.15, -0.1) is 0 Å². The van der Waals surface area contributed by atoms with Crippen LogP contribution in [-0.4, -0.2) is 11.9 Å². The van der Waals surface area contributed by atoms with Gasteiger partial charge in [0, 0.05) is 17.5 Å².